The highest BCUT2D eigenvalue weighted by molar-refractivity contribution is 5.54. The Morgan fingerprint density at radius 2 is 2.00 bits per heavy atom. The van der Waals surface area contributed by atoms with Crippen molar-refractivity contribution >= 4 is 6.08 Å². The molecular weight excluding hydrogens is 164 g/mol. The SMILES string of the molecule is [O-][NH+]1C=CC(=Cc2ccccc2)N1. The molecule has 1 aromatic rings. The molecule has 66 valence electrons. The second-order valence-electron chi connectivity index (χ2n) is 2.83. The molecule has 13 heavy (non-hydrogen) atoms. The molecule has 0 bridgehead atoms. The summed E-state index contributed by atoms with van der Waals surface area (Å²) in [6, 6.07) is 9.88. The minimum atomic E-state index is -0.0535. The normalized spacial score (nSPS) is 23.5. The number of hydrogen-bond donors (Lipinski definition) is 2. The molecule has 0 aliphatic carbocycles. The van der Waals surface area contributed by atoms with Crippen molar-refractivity contribution in [3.8, 4) is 0 Å². The van der Waals surface area contributed by atoms with Gasteiger partial charge in [0.15, 0.2) is 0 Å². The van der Waals surface area contributed by atoms with Crippen molar-refractivity contribution in [2.24, 2.45) is 0 Å². The van der Waals surface area contributed by atoms with Crippen LogP contribution in [0.15, 0.2) is 48.3 Å². The molecule has 1 atom stereocenters. The minimum absolute atomic E-state index is 0.0535. The molecule has 1 heterocycles. The molecular formula is C10H10N2O. The van der Waals surface area contributed by atoms with Gasteiger partial charge in [-0.05, 0) is 11.6 Å². The van der Waals surface area contributed by atoms with Crippen molar-refractivity contribution in [2.45, 2.75) is 0 Å². The lowest BCUT2D eigenvalue weighted by atomic mass is 10.2. The summed E-state index contributed by atoms with van der Waals surface area (Å²) in [7, 11) is 0. The van der Waals surface area contributed by atoms with Crippen molar-refractivity contribution in [1.29, 1.82) is 0 Å². The monoisotopic (exact) mass is 174 g/mol. The number of hydroxylamine groups is 1. The number of quaternary nitrogens is 1. The van der Waals surface area contributed by atoms with Crippen molar-refractivity contribution in [1.82, 2.24) is 5.43 Å². The van der Waals surface area contributed by atoms with Gasteiger partial charge >= 0.3 is 0 Å². The van der Waals surface area contributed by atoms with E-state index in [0.29, 0.717) is 0 Å². The Bertz CT molecular complexity index is 343. The zero-order valence-corrected chi connectivity index (χ0v) is 7.03. The van der Waals surface area contributed by atoms with E-state index in [-0.39, 0.29) is 5.17 Å². The first-order chi connectivity index (χ1) is 6.34. The van der Waals surface area contributed by atoms with Gasteiger partial charge in [-0.1, -0.05) is 30.3 Å². The van der Waals surface area contributed by atoms with Gasteiger partial charge in [0, 0.05) is 6.08 Å². The van der Waals surface area contributed by atoms with Gasteiger partial charge in [0.2, 0.25) is 0 Å². The van der Waals surface area contributed by atoms with Crippen LogP contribution >= 0.6 is 0 Å². The Balaban J connectivity index is 2.18. The molecule has 1 aliphatic rings. The molecule has 0 fully saturated rings. The van der Waals surface area contributed by atoms with Gasteiger partial charge in [0.25, 0.3) is 0 Å². The first-order valence-corrected chi connectivity index (χ1v) is 4.10. The van der Waals surface area contributed by atoms with Crippen molar-refractivity contribution in [3.63, 3.8) is 0 Å². The lowest BCUT2D eigenvalue weighted by Gasteiger charge is -2.11. The minimum Gasteiger partial charge on any atom is -0.603 e. The van der Waals surface area contributed by atoms with Gasteiger partial charge < -0.3 is 5.21 Å². The van der Waals surface area contributed by atoms with E-state index in [1.54, 1.807) is 6.08 Å². The van der Waals surface area contributed by atoms with Crippen LogP contribution in [0, 0.1) is 5.21 Å². The quantitative estimate of drug-likeness (QED) is 0.606. The maximum absolute atomic E-state index is 10.8. The van der Waals surface area contributed by atoms with E-state index in [1.807, 2.05) is 36.4 Å². The van der Waals surface area contributed by atoms with Crippen LogP contribution in [0.2, 0.25) is 0 Å². The molecule has 3 nitrogen and oxygen atoms in total. The highest BCUT2D eigenvalue weighted by Crippen LogP contribution is 2.05. The van der Waals surface area contributed by atoms with Crippen LogP contribution in [-0.4, -0.2) is 0 Å². The van der Waals surface area contributed by atoms with Crippen LogP contribution in [0.3, 0.4) is 0 Å². The van der Waals surface area contributed by atoms with Gasteiger partial charge in [-0.3, -0.25) is 0 Å². The molecule has 0 spiro atoms. The van der Waals surface area contributed by atoms with Crippen molar-refractivity contribution < 1.29 is 5.17 Å². The maximum Gasteiger partial charge on any atom is 0.121 e. The number of hydrogen-bond acceptors (Lipinski definition) is 2. The van der Waals surface area contributed by atoms with Gasteiger partial charge in [-0.2, -0.15) is 0 Å². The average Bonchev–Trinajstić information content (AvgIpc) is 2.53. The highest BCUT2D eigenvalue weighted by atomic mass is 16.5. The van der Waals surface area contributed by atoms with E-state index in [4.69, 9.17) is 0 Å². The molecule has 1 aliphatic heterocycles. The van der Waals surface area contributed by atoms with Crippen LogP contribution in [0.4, 0.5) is 0 Å². The van der Waals surface area contributed by atoms with Crippen LogP contribution in [0.1, 0.15) is 5.56 Å². The fourth-order valence-electron chi connectivity index (χ4n) is 1.20. The molecule has 0 saturated carbocycles. The third-order valence-electron chi connectivity index (χ3n) is 1.80. The second-order valence-corrected chi connectivity index (χ2v) is 2.83. The summed E-state index contributed by atoms with van der Waals surface area (Å²) in [5.74, 6) is 0. The molecule has 0 amide bonds. The lowest BCUT2D eigenvalue weighted by Crippen LogP contribution is -3.07. The summed E-state index contributed by atoms with van der Waals surface area (Å²) < 4.78 is 0. The smallest absolute Gasteiger partial charge is 0.121 e. The Hall–Kier alpha value is -1.58. The average molecular weight is 174 g/mol. The van der Waals surface area contributed by atoms with E-state index < -0.39 is 0 Å². The van der Waals surface area contributed by atoms with Gasteiger partial charge in [-0.15, -0.1) is 0 Å². The molecule has 1 unspecified atom stereocenters. The third kappa shape index (κ3) is 1.96. The van der Waals surface area contributed by atoms with Crippen LogP contribution in [0.25, 0.3) is 6.08 Å². The molecule has 3 heteroatoms. The molecule has 1 aromatic carbocycles. The first-order valence-electron chi connectivity index (χ1n) is 4.10. The van der Waals surface area contributed by atoms with Gasteiger partial charge in [0.05, 0.1) is 5.70 Å². The van der Waals surface area contributed by atoms with Crippen LogP contribution < -0.4 is 10.6 Å². The largest absolute Gasteiger partial charge is 0.603 e. The highest BCUT2D eigenvalue weighted by Gasteiger charge is 2.03. The van der Waals surface area contributed by atoms with E-state index in [0.717, 1.165) is 11.3 Å². The van der Waals surface area contributed by atoms with E-state index >= 15 is 0 Å². The number of benzene rings is 1. The lowest BCUT2D eigenvalue weighted by molar-refractivity contribution is -0.831. The van der Waals surface area contributed by atoms with E-state index in [1.165, 1.54) is 6.20 Å². The molecule has 2 N–H and O–H groups in total. The van der Waals surface area contributed by atoms with Gasteiger partial charge in [-0.25, -0.2) is 10.6 Å². The molecule has 0 aromatic heterocycles. The summed E-state index contributed by atoms with van der Waals surface area (Å²) in [4.78, 5) is 0. The Morgan fingerprint density at radius 3 is 2.62 bits per heavy atom. The third-order valence-corrected chi connectivity index (χ3v) is 1.80. The topological polar surface area (TPSA) is 39.5 Å². The van der Waals surface area contributed by atoms with Crippen molar-refractivity contribution in [3.05, 3.63) is 59.1 Å². The first kappa shape index (κ1) is 8.04. The summed E-state index contributed by atoms with van der Waals surface area (Å²) in [5, 5.41) is 10.8. The van der Waals surface area contributed by atoms with E-state index in [9.17, 15) is 5.21 Å². The van der Waals surface area contributed by atoms with Crippen LogP contribution in [-0.2, 0) is 0 Å². The summed E-state index contributed by atoms with van der Waals surface area (Å²) in [5.41, 5.74) is 4.64. The summed E-state index contributed by atoms with van der Waals surface area (Å²) in [6.45, 7) is 0. The zero-order chi connectivity index (χ0) is 9.10. The standard InChI is InChI=1S/C10H10N2O/c13-12-7-6-10(11-12)8-9-4-2-1-3-5-9/h1-8,11-12H. The number of nitrogens with one attached hydrogen (secondary N) is 2. The number of allylic oxidation sites excluding steroid dienone is 1. The molecule has 0 radical (unpaired) electrons. The Morgan fingerprint density at radius 1 is 1.23 bits per heavy atom. The fraction of sp³-hybridized carbons (Fsp3) is 0. The second kappa shape index (κ2) is 3.43. The Kier molecular flexibility index (Phi) is 2.12. The molecule has 0 saturated heterocycles. The maximum atomic E-state index is 10.8. The Labute approximate surface area is 76.5 Å². The van der Waals surface area contributed by atoms with Crippen molar-refractivity contribution in [2.75, 3.05) is 0 Å². The predicted octanol–water partition coefficient (Wildman–Crippen LogP) is 0.442. The zero-order valence-electron chi connectivity index (χ0n) is 7.03. The summed E-state index contributed by atoms with van der Waals surface area (Å²) in [6.07, 6.45) is 5.23. The summed E-state index contributed by atoms with van der Waals surface area (Å²) >= 11 is 0. The van der Waals surface area contributed by atoms with E-state index in [2.05, 4.69) is 5.43 Å². The molecule has 2 rings (SSSR count). The number of rotatable bonds is 1. The van der Waals surface area contributed by atoms with Crippen LogP contribution in [0.5, 0.6) is 0 Å². The fourth-order valence-corrected chi connectivity index (χ4v) is 1.20. The van der Waals surface area contributed by atoms with Gasteiger partial charge in [0.1, 0.15) is 6.20 Å². The predicted molar refractivity (Wildman–Crippen MR) is 51.0 cm³/mol.